The number of nitrogens with one attached hydrogen (secondary N) is 1. The van der Waals surface area contributed by atoms with E-state index in [2.05, 4.69) is 36.2 Å². The zero-order valence-corrected chi connectivity index (χ0v) is 20.5. The Morgan fingerprint density at radius 3 is 2.65 bits per heavy atom. The molecular formula is C24H20BrN5O3S. The van der Waals surface area contributed by atoms with E-state index >= 15 is 0 Å². The van der Waals surface area contributed by atoms with Crippen LogP contribution in [0, 0.1) is 0 Å². The Morgan fingerprint density at radius 2 is 1.94 bits per heavy atom. The summed E-state index contributed by atoms with van der Waals surface area (Å²) in [5, 5.41) is 13.8. The first kappa shape index (κ1) is 22.4. The van der Waals surface area contributed by atoms with Crippen molar-refractivity contribution in [1.29, 1.82) is 0 Å². The molecule has 1 aliphatic rings. The number of methoxy groups -OCH3 is 1. The summed E-state index contributed by atoms with van der Waals surface area (Å²) in [4.78, 5) is 17.7. The molecule has 2 aromatic carbocycles. The Labute approximate surface area is 208 Å². The van der Waals surface area contributed by atoms with Crippen LogP contribution in [0.15, 0.2) is 86.1 Å². The highest BCUT2D eigenvalue weighted by atomic mass is 79.9. The smallest absolute Gasteiger partial charge is 0.253 e. The van der Waals surface area contributed by atoms with Crippen molar-refractivity contribution in [3.8, 4) is 17.1 Å². The van der Waals surface area contributed by atoms with Crippen molar-refractivity contribution in [1.82, 2.24) is 20.2 Å². The lowest BCUT2D eigenvalue weighted by Gasteiger charge is -2.19. The van der Waals surface area contributed by atoms with Crippen LogP contribution in [0.4, 0.5) is 0 Å². The molecule has 0 bridgehead atoms. The third-order valence-electron chi connectivity index (χ3n) is 5.37. The van der Waals surface area contributed by atoms with Gasteiger partial charge in [0.1, 0.15) is 17.6 Å². The molecule has 0 saturated carbocycles. The number of hydrogen-bond acceptors (Lipinski definition) is 7. The van der Waals surface area contributed by atoms with E-state index < -0.39 is 0 Å². The van der Waals surface area contributed by atoms with Gasteiger partial charge in [-0.2, -0.15) is 5.10 Å². The van der Waals surface area contributed by atoms with Gasteiger partial charge in [0, 0.05) is 16.5 Å². The predicted octanol–water partition coefficient (Wildman–Crippen LogP) is 5.31. The van der Waals surface area contributed by atoms with Gasteiger partial charge in [0.05, 0.1) is 24.8 Å². The van der Waals surface area contributed by atoms with Gasteiger partial charge >= 0.3 is 0 Å². The highest BCUT2D eigenvalue weighted by Crippen LogP contribution is 2.34. The topological polar surface area (TPSA) is 96.6 Å². The minimum Gasteiger partial charge on any atom is -0.497 e. The molecule has 8 nitrogen and oxygen atoms in total. The highest BCUT2D eigenvalue weighted by molar-refractivity contribution is 9.10. The van der Waals surface area contributed by atoms with Crippen molar-refractivity contribution < 1.29 is 13.9 Å². The number of halogens is 1. The fourth-order valence-corrected chi connectivity index (χ4v) is 4.56. The fraction of sp³-hybridized carbons (Fsp3) is 0.167. The minimum absolute atomic E-state index is 0.147. The summed E-state index contributed by atoms with van der Waals surface area (Å²) in [6.45, 7) is 0. The number of ether oxygens (including phenoxy) is 1. The van der Waals surface area contributed by atoms with Crippen LogP contribution in [0.2, 0.25) is 0 Å². The Kier molecular flexibility index (Phi) is 6.50. The van der Waals surface area contributed by atoms with Gasteiger partial charge in [0.2, 0.25) is 5.16 Å². The van der Waals surface area contributed by atoms with Crippen molar-refractivity contribution in [3.05, 3.63) is 82.7 Å². The number of H-pyrrole nitrogens is 1. The van der Waals surface area contributed by atoms with Gasteiger partial charge in [-0.15, -0.1) is 5.10 Å². The third kappa shape index (κ3) is 4.78. The summed E-state index contributed by atoms with van der Waals surface area (Å²) in [5.74, 6) is 2.11. The second kappa shape index (κ2) is 9.86. The first-order chi connectivity index (χ1) is 16.6. The van der Waals surface area contributed by atoms with E-state index in [0.29, 0.717) is 23.2 Å². The average molecular weight is 538 g/mol. The number of carbonyl (C=O) groups is 1. The summed E-state index contributed by atoms with van der Waals surface area (Å²) in [6, 6.07) is 18.8. The number of amides is 1. The predicted molar refractivity (Wildman–Crippen MR) is 133 cm³/mol. The van der Waals surface area contributed by atoms with Crippen molar-refractivity contribution in [3.63, 3.8) is 0 Å². The Bertz CT molecular complexity index is 1300. The molecular weight excluding hydrogens is 518 g/mol. The molecule has 0 saturated heterocycles. The van der Waals surface area contributed by atoms with Gasteiger partial charge in [-0.3, -0.25) is 9.89 Å². The maximum absolute atomic E-state index is 13.2. The molecule has 1 amide bonds. The molecule has 5 rings (SSSR count). The number of rotatable bonds is 7. The van der Waals surface area contributed by atoms with Crippen molar-refractivity contribution in [2.24, 2.45) is 5.10 Å². The van der Waals surface area contributed by atoms with Crippen LogP contribution in [0.5, 0.6) is 5.75 Å². The third-order valence-corrected chi connectivity index (χ3v) is 6.73. The Balaban J connectivity index is 1.31. The number of hydrogen-bond donors (Lipinski definition) is 1. The van der Waals surface area contributed by atoms with Crippen LogP contribution in [-0.4, -0.2) is 44.7 Å². The number of aromatic amines is 1. The van der Waals surface area contributed by atoms with E-state index in [0.717, 1.165) is 27.1 Å². The van der Waals surface area contributed by atoms with Gasteiger partial charge in [0.15, 0.2) is 5.82 Å². The van der Waals surface area contributed by atoms with E-state index in [1.165, 1.54) is 16.8 Å². The largest absolute Gasteiger partial charge is 0.497 e. The molecule has 0 radical (unpaired) electrons. The summed E-state index contributed by atoms with van der Waals surface area (Å²) >= 11 is 4.69. The molecule has 0 fully saturated rings. The number of nitrogens with zero attached hydrogens (tertiary/aromatic N) is 4. The first-order valence-corrected chi connectivity index (χ1v) is 12.3. The highest BCUT2D eigenvalue weighted by Gasteiger charge is 2.34. The number of aromatic nitrogens is 3. The number of carbonyl (C=O) groups excluding carboxylic acids is 1. The van der Waals surface area contributed by atoms with E-state index in [1.807, 2.05) is 60.7 Å². The second-order valence-corrected chi connectivity index (χ2v) is 9.37. The minimum atomic E-state index is -0.300. The van der Waals surface area contributed by atoms with Gasteiger partial charge in [-0.05, 0) is 54.1 Å². The Morgan fingerprint density at radius 1 is 1.18 bits per heavy atom. The lowest BCUT2D eigenvalue weighted by molar-refractivity contribution is -0.130. The lowest BCUT2D eigenvalue weighted by atomic mass is 10.0. The summed E-state index contributed by atoms with van der Waals surface area (Å²) in [6.07, 6.45) is 2.17. The van der Waals surface area contributed by atoms with E-state index in [1.54, 1.807) is 13.4 Å². The SMILES string of the molecule is COc1ccc(C2=NN(C(=O)CSc3n[nH]c(-c4ccc(Br)cc4)n3)C(c3ccco3)C2)cc1. The number of hydrazone groups is 1. The molecule has 0 spiro atoms. The maximum atomic E-state index is 13.2. The monoisotopic (exact) mass is 537 g/mol. The van der Waals surface area contributed by atoms with E-state index in [9.17, 15) is 4.79 Å². The molecule has 1 atom stereocenters. The Hall–Kier alpha value is -3.37. The zero-order valence-electron chi connectivity index (χ0n) is 18.1. The maximum Gasteiger partial charge on any atom is 0.253 e. The van der Waals surface area contributed by atoms with Crippen molar-refractivity contribution in [2.75, 3.05) is 12.9 Å². The first-order valence-electron chi connectivity index (χ1n) is 10.5. The number of thioether (sulfide) groups is 1. The normalized spacial score (nSPS) is 15.4. The summed E-state index contributed by atoms with van der Waals surface area (Å²) in [5.41, 5.74) is 2.67. The van der Waals surface area contributed by atoms with E-state index in [-0.39, 0.29) is 17.7 Å². The van der Waals surface area contributed by atoms with Gasteiger partial charge in [0.25, 0.3) is 5.91 Å². The van der Waals surface area contributed by atoms with Crippen LogP contribution < -0.4 is 4.74 Å². The standard InChI is InChI=1S/C24H20BrN5O3S/c1-32-18-10-6-15(7-11-18)19-13-20(21-3-2-12-33-21)30(29-19)22(31)14-34-24-26-23(27-28-24)16-4-8-17(25)9-5-16/h2-12,20H,13-14H2,1H3,(H,26,27,28). The van der Waals surface area contributed by atoms with Crippen LogP contribution in [-0.2, 0) is 4.79 Å². The van der Waals surface area contributed by atoms with Gasteiger partial charge < -0.3 is 9.15 Å². The molecule has 3 heterocycles. The van der Waals surface area contributed by atoms with Gasteiger partial charge in [-0.25, -0.2) is 9.99 Å². The molecule has 10 heteroatoms. The fourth-order valence-electron chi connectivity index (χ4n) is 3.64. The molecule has 34 heavy (non-hydrogen) atoms. The second-order valence-electron chi connectivity index (χ2n) is 7.51. The van der Waals surface area contributed by atoms with E-state index in [4.69, 9.17) is 9.15 Å². The summed E-state index contributed by atoms with van der Waals surface area (Å²) < 4.78 is 11.8. The molecule has 4 aromatic rings. The lowest BCUT2D eigenvalue weighted by Crippen LogP contribution is -2.28. The quantitative estimate of drug-likeness (QED) is 0.321. The molecule has 172 valence electrons. The summed E-state index contributed by atoms with van der Waals surface area (Å²) in [7, 11) is 1.63. The molecule has 1 aliphatic heterocycles. The van der Waals surface area contributed by atoms with Crippen molar-refractivity contribution in [2.45, 2.75) is 17.6 Å². The number of furan rings is 1. The zero-order chi connectivity index (χ0) is 23.5. The molecule has 1 unspecified atom stereocenters. The van der Waals surface area contributed by atoms with Crippen LogP contribution in [0.1, 0.15) is 23.8 Å². The van der Waals surface area contributed by atoms with Crippen LogP contribution >= 0.6 is 27.7 Å². The van der Waals surface area contributed by atoms with Gasteiger partial charge in [-0.1, -0.05) is 39.8 Å². The molecule has 2 aromatic heterocycles. The number of benzene rings is 2. The molecule has 0 aliphatic carbocycles. The van der Waals surface area contributed by atoms with Crippen LogP contribution in [0.3, 0.4) is 0 Å². The average Bonchev–Trinajstić information content (AvgIpc) is 3.64. The van der Waals surface area contributed by atoms with Crippen molar-refractivity contribution >= 4 is 39.3 Å². The van der Waals surface area contributed by atoms with Crippen LogP contribution in [0.25, 0.3) is 11.4 Å². The molecule has 1 N–H and O–H groups in total.